The van der Waals surface area contributed by atoms with Crippen molar-refractivity contribution in [2.24, 2.45) is 0 Å². The highest BCUT2D eigenvalue weighted by Crippen LogP contribution is 2.36. The van der Waals surface area contributed by atoms with E-state index in [1.54, 1.807) is 0 Å². The number of aliphatic hydroxyl groups is 5. The second-order valence-electron chi connectivity index (χ2n) is 8.21. The van der Waals surface area contributed by atoms with E-state index in [4.69, 9.17) is 18.9 Å². The lowest BCUT2D eigenvalue weighted by Crippen LogP contribution is -2.60. The largest absolute Gasteiger partial charge is 0.504 e. The molecule has 1 saturated heterocycles. The first-order valence-corrected chi connectivity index (χ1v) is 10.9. The van der Waals surface area contributed by atoms with Crippen LogP contribution in [0, 0.1) is 0 Å². The number of phenolic OH excluding ortho intramolecular Hbond substituents is 4. The van der Waals surface area contributed by atoms with Gasteiger partial charge in [-0.25, -0.2) is 4.79 Å². The Labute approximate surface area is 209 Å². The van der Waals surface area contributed by atoms with Crippen LogP contribution in [-0.2, 0) is 14.2 Å². The van der Waals surface area contributed by atoms with Crippen LogP contribution in [0.25, 0.3) is 0 Å². The molecule has 0 aromatic heterocycles. The molecule has 0 radical (unpaired) electrons. The maximum absolute atomic E-state index is 12.3. The summed E-state index contributed by atoms with van der Waals surface area (Å²) in [6, 6.07) is 5.53. The van der Waals surface area contributed by atoms with Gasteiger partial charge in [0.05, 0.1) is 19.3 Å². The lowest BCUT2D eigenvalue weighted by atomic mass is 9.99. The molecule has 0 spiro atoms. The van der Waals surface area contributed by atoms with Gasteiger partial charge in [0.15, 0.2) is 35.0 Å². The van der Waals surface area contributed by atoms with Crippen LogP contribution >= 0.6 is 0 Å². The Morgan fingerprint density at radius 3 is 2.22 bits per heavy atom. The molecule has 37 heavy (non-hydrogen) atoms. The minimum atomic E-state index is -1.84. The number of carbonyl (C=O) groups excluding carboxylic acids is 1. The normalized spacial score (nSPS) is 25.3. The smallest absolute Gasteiger partial charge is 0.338 e. The van der Waals surface area contributed by atoms with Crippen LogP contribution < -0.4 is 4.74 Å². The van der Waals surface area contributed by atoms with E-state index in [0.717, 1.165) is 12.1 Å². The van der Waals surface area contributed by atoms with Gasteiger partial charge in [-0.3, -0.25) is 0 Å². The van der Waals surface area contributed by atoms with Crippen LogP contribution in [0.1, 0.15) is 22.0 Å². The molecule has 0 aliphatic carbocycles. The summed E-state index contributed by atoms with van der Waals surface area (Å²) in [5.41, 5.74) is -0.176. The van der Waals surface area contributed by atoms with Crippen molar-refractivity contribution in [3.05, 3.63) is 41.5 Å². The lowest BCUT2D eigenvalue weighted by molar-refractivity contribution is -0.319. The van der Waals surface area contributed by atoms with Crippen molar-refractivity contribution in [3.8, 4) is 28.7 Å². The van der Waals surface area contributed by atoms with Gasteiger partial charge in [0.1, 0.15) is 43.2 Å². The number of ether oxygens (including phenoxy) is 4. The zero-order valence-corrected chi connectivity index (χ0v) is 19.4. The molecule has 2 aromatic carbocycles. The Morgan fingerprint density at radius 1 is 0.973 bits per heavy atom. The molecule has 0 amide bonds. The maximum atomic E-state index is 12.3. The number of benzene rings is 2. The second-order valence-corrected chi connectivity index (χ2v) is 8.21. The van der Waals surface area contributed by atoms with Gasteiger partial charge in [-0.2, -0.15) is 0 Å². The predicted octanol–water partition coefficient (Wildman–Crippen LogP) is -1.41. The molecule has 1 aliphatic heterocycles. The van der Waals surface area contributed by atoms with E-state index in [0.29, 0.717) is 0 Å². The fraction of sp³-hybridized carbons (Fsp3) is 0.435. The zero-order valence-electron chi connectivity index (χ0n) is 19.4. The number of carbonyl (C=O) groups is 1. The molecule has 1 aliphatic rings. The summed E-state index contributed by atoms with van der Waals surface area (Å²) in [6.07, 6.45) is -11.5. The molecule has 0 unspecified atom stereocenters. The van der Waals surface area contributed by atoms with Crippen molar-refractivity contribution in [1.29, 1.82) is 0 Å². The van der Waals surface area contributed by atoms with Gasteiger partial charge in [0, 0.05) is 0 Å². The van der Waals surface area contributed by atoms with Gasteiger partial charge < -0.3 is 64.9 Å². The summed E-state index contributed by atoms with van der Waals surface area (Å²) in [5, 5.41) is 89.5. The number of hydrogen-bond donors (Lipinski definition) is 9. The highest BCUT2D eigenvalue weighted by molar-refractivity contribution is 5.91. The molecule has 1 fully saturated rings. The van der Waals surface area contributed by atoms with Crippen LogP contribution in [-0.4, -0.2) is 109 Å². The van der Waals surface area contributed by atoms with Crippen molar-refractivity contribution in [3.63, 3.8) is 0 Å². The van der Waals surface area contributed by atoms with Crippen molar-refractivity contribution >= 4 is 5.97 Å². The molecule has 14 nitrogen and oxygen atoms in total. The first kappa shape index (κ1) is 28.2. The first-order chi connectivity index (χ1) is 17.5. The van der Waals surface area contributed by atoms with Gasteiger partial charge >= 0.3 is 5.97 Å². The summed E-state index contributed by atoms with van der Waals surface area (Å²) >= 11 is 0. The van der Waals surface area contributed by atoms with Crippen molar-refractivity contribution in [2.75, 3.05) is 20.3 Å². The number of aromatic hydroxyl groups is 4. The molecule has 0 saturated carbocycles. The molecule has 204 valence electrons. The van der Waals surface area contributed by atoms with Crippen LogP contribution in [0.2, 0.25) is 0 Å². The SMILES string of the molecule is COc1cc([C@@H](O)[C@H](CO)O[C@@H]2O[C@H](COC(=O)c3cc(O)c(O)c(O)c3)[C@@H](O)[C@H](O)[C@H]2O)ccc1O. The Hall–Kier alpha value is -3.37. The minimum Gasteiger partial charge on any atom is -0.504 e. The van der Waals surface area contributed by atoms with E-state index in [1.165, 1.54) is 25.3 Å². The highest BCUT2D eigenvalue weighted by Gasteiger charge is 2.46. The van der Waals surface area contributed by atoms with E-state index in [2.05, 4.69) is 0 Å². The average molecular weight is 528 g/mol. The van der Waals surface area contributed by atoms with Gasteiger partial charge in [0.2, 0.25) is 0 Å². The summed E-state index contributed by atoms with van der Waals surface area (Å²) in [7, 11) is 1.30. The Balaban J connectivity index is 1.70. The second kappa shape index (κ2) is 11.8. The molecule has 0 bridgehead atoms. The topological polar surface area (TPSA) is 236 Å². The van der Waals surface area contributed by atoms with Crippen molar-refractivity contribution in [1.82, 2.24) is 0 Å². The standard InChI is InChI=1S/C23H28O14/c1-34-14-6-9(2-3-11(14)25)17(28)15(7-24)36-23-21(32)20(31)19(30)16(37-23)8-35-22(33)10-4-12(26)18(29)13(27)5-10/h2-6,15-17,19-21,23-32H,7-8H2,1H3/t15-,16+,17+,19+,20-,21+,23+/m0/s1. The highest BCUT2D eigenvalue weighted by atomic mass is 16.7. The number of aliphatic hydroxyl groups excluding tert-OH is 5. The molecule has 14 heteroatoms. The van der Waals surface area contributed by atoms with Gasteiger partial charge in [-0.05, 0) is 29.8 Å². The lowest BCUT2D eigenvalue weighted by Gasteiger charge is -2.41. The van der Waals surface area contributed by atoms with Crippen LogP contribution in [0.3, 0.4) is 0 Å². The number of methoxy groups -OCH3 is 1. The monoisotopic (exact) mass is 528 g/mol. The van der Waals surface area contributed by atoms with Crippen LogP contribution in [0.5, 0.6) is 28.7 Å². The molecule has 7 atom stereocenters. The van der Waals surface area contributed by atoms with Gasteiger partial charge in [-0.15, -0.1) is 0 Å². The van der Waals surface area contributed by atoms with E-state index in [1.807, 2.05) is 0 Å². The fourth-order valence-corrected chi connectivity index (χ4v) is 3.61. The fourth-order valence-electron chi connectivity index (χ4n) is 3.61. The Morgan fingerprint density at radius 2 is 1.62 bits per heavy atom. The van der Waals surface area contributed by atoms with Crippen LogP contribution in [0.15, 0.2) is 30.3 Å². The van der Waals surface area contributed by atoms with E-state index in [-0.39, 0.29) is 22.6 Å². The number of hydrogen-bond acceptors (Lipinski definition) is 14. The molecule has 1 heterocycles. The van der Waals surface area contributed by atoms with Crippen molar-refractivity contribution < 1.29 is 69.7 Å². The molecule has 2 aromatic rings. The predicted molar refractivity (Wildman–Crippen MR) is 120 cm³/mol. The molecule has 3 rings (SSSR count). The van der Waals surface area contributed by atoms with E-state index < -0.39 is 79.3 Å². The van der Waals surface area contributed by atoms with Crippen LogP contribution in [0.4, 0.5) is 0 Å². The third-order valence-corrected chi connectivity index (χ3v) is 5.74. The average Bonchev–Trinajstić information content (AvgIpc) is 2.88. The van der Waals surface area contributed by atoms with E-state index in [9.17, 15) is 50.8 Å². The Bertz CT molecular complexity index is 1070. The third kappa shape index (κ3) is 6.14. The molecular formula is C23H28O14. The molecular weight excluding hydrogens is 500 g/mol. The number of phenols is 4. The quantitative estimate of drug-likeness (QED) is 0.134. The number of esters is 1. The summed E-state index contributed by atoms with van der Waals surface area (Å²) in [4.78, 5) is 12.3. The number of rotatable bonds is 9. The summed E-state index contributed by atoms with van der Waals surface area (Å²) < 4.78 is 20.9. The maximum Gasteiger partial charge on any atom is 0.338 e. The van der Waals surface area contributed by atoms with Gasteiger partial charge in [0.25, 0.3) is 0 Å². The minimum absolute atomic E-state index is 0.0397. The van der Waals surface area contributed by atoms with Gasteiger partial charge in [-0.1, -0.05) is 6.07 Å². The Kier molecular flexibility index (Phi) is 8.98. The van der Waals surface area contributed by atoms with Crippen molar-refractivity contribution in [2.45, 2.75) is 42.9 Å². The summed E-state index contributed by atoms with van der Waals surface area (Å²) in [6.45, 7) is -1.46. The zero-order chi connectivity index (χ0) is 27.4. The molecule has 9 N–H and O–H groups in total. The third-order valence-electron chi connectivity index (χ3n) is 5.74. The van der Waals surface area contributed by atoms with E-state index >= 15 is 0 Å². The summed E-state index contributed by atoms with van der Waals surface area (Å²) in [5.74, 6) is -3.66. The first-order valence-electron chi connectivity index (χ1n) is 10.9.